The fourth-order valence-electron chi connectivity index (χ4n) is 10.8. The Balaban J connectivity index is 0.000000170. The summed E-state index contributed by atoms with van der Waals surface area (Å²) in [6.07, 6.45) is 6.61. The van der Waals surface area contributed by atoms with E-state index in [1.165, 1.54) is 0 Å². The fraction of sp³-hybridized carbons (Fsp3) is 0.556. The number of rotatable bonds is 14. The molecule has 2 aromatic carbocycles. The van der Waals surface area contributed by atoms with E-state index in [4.69, 9.17) is 19.4 Å². The highest BCUT2D eigenvalue weighted by atomic mass is 16.5. The summed E-state index contributed by atoms with van der Waals surface area (Å²) >= 11 is 0. The number of aliphatic hydroxyl groups is 2. The molecule has 6 N–H and O–H groups in total. The standard InChI is InChI=1S/2C27H36N4O3/c2*1-4-19-7-8-31(13-19)26(33)29-22-6-5-17(2)23(11-22)20-9-24(27-12-21(27)15-34-16-27)30-25(10-20)28-18(3)14-32/h2*5-6,9-11,18-19,21,32H,4,7-8,12-16H2,1-3H3,(H,28,30)(H,29,33)/t18-,19-,21+,27+;18-,19-,21-,27-/m11/s1. The number of nitrogens with one attached hydrogen (secondary N) is 4. The molecule has 2 saturated carbocycles. The number of pyridine rings is 2. The number of carbonyl (C=O) groups is 2. The van der Waals surface area contributed by atoms with Crippen molar-refractivity contribution < 1.29 is 29.3 Å². The van der Waals surface area contributed by atoms with Crippen LogP contribution in [-0.2, 0) is 20.3 Å². The molecule has 4 aromatic rings. The molecular formula is C54H72N8O6. The van der Waals surface area contributed by atoms with E-state index in [1.54, 1.807) is 0 Å². The van der Waals surface area contributed by atoms with Gasteiger partial charge in [-0.2, -0.15) is 0 Å². The van der Waals surface area contributed by atoms with E-state index >= 15 is 0 Å². The molecule has 0 radical (unpaired) electrons. The maximum Gasteiger partial charge on any atom is 0.321 e. The van der Waals surface area contributed by atoms with Crippen molar-refractivity contribution in [2.24, 2.45) is 23.7 Å². The smallest absolute Gasteiger partial charge is 0.321 e. The van der Waals surface area contributed by atoms with Gasteiger partial charge in [0.1, 0.15) is 11.6 Å². The maximum atomic E-state index is 12.9. The molecule has 2 aromatic heterocycles. The molecule has 2 aliphatic carbocycles. The minimum absolute atomic E-state index is 0.0141. The van der Waals surface area contributed by atoms with Crippen molar-refractivity contribution >= 4 is 35.1 Å². The van der Waals surface area contributed by atoms with E-state index in [-0.39, 0.29) is 48.2 Å². The first-order valence-corrected chi connectivity index (χ1v) is 25.1. The second-order valence-electron chi connectivity index (χ2n) is 20.8. The van der Waals surface area contributed by atoms with Crippen LogP contribution >= 0.6 is 0 Å². The van der Waals surface area contributed by atoms with Crippen molar-refractivity contribution in [2.45, 2.75) is 103 Å². The molecular weight excluding hydrogens is 857 g/mol. The van der Waals surface area contributed by atoms with Gasteiger partial charge in [-0.15, -0.1) is 0 Å². The highest BCUT2D eigenvalue weighted by Gasteiger charge is 2.61. The zero-order valence-electron chi connectivity index (χ0n) is 40.9. The van der Waals surface area contributed by atoms with Crippen molar-refractivity contribution in [3.63, 3.8) is 0 Å². The van der Waals surface area contributed by atoms with Gasteiger partial charge in [0, 0.05) is 60.5 Å². The van der Waals surface area contributed by atoms with Gasteiger partial charge in [-0.25, -0.2) is 19.6 Å². The number of hydrogen-bond donors (Lipinski definition) is 6. The van der Waals surface area contributed by atoms with Crippen LogP contribution in [0.4, 0.5) is 32.6 Å². The first kappa shape index (κ1) is 47.8. The van der Waals surface area contributed by atoms with Crippen molar-refractivity contribution in [2.75, 3.05) is 87.1 Å². The Kier molecular flexibility index (Phi) is 14.0. The Morgan fingerprint density at radius 3 is 1.44 bits per heavy atom. The number of hydrogen-bond acceptors (Lipinski definition) is 10. The topological polar surface area (TPSA) is 173 Å². The van der Waals surface area contributed by atoms with E-state index in [9.17, 15) is 19.8 Å². The van der Waals surface area contributed by atoms with Gasteiger partial charge in [0.2, 0.25) is 0 Å². The third-order valence-electron chi connectivity index (χ3n) is 15.7. The Hall–Kier alpha value is -5.28. The molecule has 8 atom stereocenters. The van der Waals surface area contributed by atoms with Crippen LogP contribution in [0.15, 0.2) is 60.7 Å². The highest BCUT2D eigenvalue weighted by Crippen LogP contribution is 2.59. The van der Waals surface area contributed by atoms with Crippen molar-refractivity contribution in [3.05, 3.63) is 83.2 Å². The van der Waals surface area contributed by atoms with E-state index in [2.05, 4.69) is 85.4 Å². The molecule has 68 heavy (non-hydrogen) atoms. The Labute approximate surface area is 402 Å². The molecule has 4 saturated heterocycles. The number of urea groups is 2. The summed E-state index contributed by atoms with van der Waals surface area (Å²) in [5, 5.41) is 32.0. The van der Waals surface area contributed by atoms with Crippen molar-refractivity contribution in [1.82, 2.24) is 19.8 Å². The number of aliphatic hydroxyl groups excluding tert-OH is 2. The molecule has 4 amide bonds. The summed E-state index contributed by atoms with van der Waals surface area (Å²) in [5.41, 5.74) is 10.3. The number of benzene rings is 2. The van der Waals surface area contributed by atoms with Gasteiger partial charge in [0.25, 0.3) is 0 Å². The number of nitrogens with zero attached hydrogens (tertiary/aromatic N) is 4. The molecule has 4 aliphatic heterocycles. The van der Waals surface area contributed by atoms with Gasteiger partial charge in [0.15, 0.2) is 0 Å². The predicted octanol–water partition coefficient (Wildman–Crippen LogP) is 8.80. The molecule has 0 unspecified atom stereocenters. The van der Waals surface area contributed by atoms with E-state index in [0.29, 0.717) is 36.9 Å². The number of amides is 4. The molecule has 6 aliphatic rings. The third kappa shape index (κ3) is 10.1. The second kappa shape index (κ2) is 20.0. The van der Waals surface area contributed by atoms with Crippen LogP contribution in [0.3, 0.4) is 0 Å². The van der Waals surface area contributed by atoms with Crippen LogP contribution in [0.1, 0.15) is 88.7 Å². The largest absolute Gasteiger partial charge is 0.394 e. The van der Waals surface area contributed by atoms with Gasteiger partial charge in [0.05, 0.1) is 51.0 Å². The van der Waals surface area contributed by atoms with Crippen LogP contribution in [0, 0.1) is 37.5 Å². The lowest BCUT2D eigenvalue weighted by Crippen LogP contribution is -2.32. The van der Waals surface area contributed by atoms with E-state index < -0.39 is 0 Å². The fourth-order valence-corrected chi connectivity index (χ4v) is 10.8. The lowest BCUT2D eigenvalue weighted by molar-refractivity contribution is 0.159. The maximum absolute atomic E-state index is 12.9. The Bertz CT molecular complexity index is 2320. The van der Waals surface area contributed by atoms with Crippen LogP contribution in [-0.4, -0.2) is 120 Å². The average molecular weight is 929 g/mol. The van der Waals surface area contributed by atoms with Gasteiger partial charge in [-0.1, -0.05) is 38.8 Å². The quantitative estimate of drug-likeness (QED) is 0.0718. The number of aromatic nitrogens is 2. The molecule has 6 heterocycles. The summed E-state index contributed by atoms with van der Waals surface area (Å²) in [5.74, 6) is 3.81. The Morgan fingerprint density at radius 2 is 1.10 bits per heavy atom. The number of likely N-dealkylation sites (tertiary alicyclic amines) is 2. The van der Waals surface area contributed by atoms with Gasteiger partial charge >= 0.3 is 12.1 Å². The molecule has 10 rings (SSSR count). The minimum atomic E-state index is -0.0953. The number of aryl methyl sites for hydroxylation is 2. The predicted molar refractivity (Wildman–Crippen MR) is 268 cm³/mol. The summed E-state index contributed by atoms with van der Waals surface area (Å²) in [6.45, 7) is 18.8. The number of anilines is 4. The summed E-state index contributed by atoms with van der Waals surface area (Å²) in [7, 11) is 0. The summed E-state index contributed by atoms with van der Waals surface area (Å²) < 4.78 is 11.5. The lowest BCUT2D eigenvalue weighted by Gasteiger charge is -2.20. The Morgan fingerprint density at radius 1 is 0.676 bits per heavy atom. The molecule has 0 spiro atoms. The molecule has 364 valence electrons. The number of fused-ring (bicyclic) bond motifs is 2. The monoisotopic (exact) mass is 929 g/mol. The van der Waals surface area contributed by atoms with Gasteiger partial charge in [-0.05, 0) is 159 Å². The van der Waals surface area contributed by atoms with Crippen molar-refractivity contribution in [1.29, 1.82) is 0 Å². The van der Waals surface area contributed by atoms with Crippen LogP contribution in [0.5, 0.6) is 0 Å². The average Bonchev–Trinajstić information content (AvgIpc) is 3.77. The molecule has 0 bridgehead atoms. The van der Waals surface area contributed by atoms with Crippen LogP contribution < -0.4 is 21.3 Å². The lowest BCUT2D eigenvalue weighted by atomic mass is 9.95. The highest BCUT2D eigenvalue weighted by molar-refractivity contribution is 5.92. The minimum Gasteiger partial charge on any atom is -0.394 e. The summed E-state index contributed by atoms with van der Waals surface area (Å²) in [6, 6.07) is 20.4. The van der Waals surface area contributed by atoms with Gasteiger partial charge in [-0.3, -0.25) is 0 Å². The van der Waals surface area contributed by atoms with Crippen LogP contribution in [0.2, 0.25) is 0 Å². The van der Waals surface area contributed by atoms with E-state index in [0.717, 1.165) is 146 Å². The normalized spacial score (nSPS) is 26.3. The zero-order valence-corrected chi connectivity index (χ0v) is 40.9. The number of ether oxygens (including phenoxy) is 2. The molecule has 14 heteroatoms. The van der Waals surface area contributed by atoms with E-state index in [1.807, 2.05) is 47.9 Å². The van der Waals surface area contributed by atoms with Crippen molar-refractivity contribution in [3.8, 4) is 22.3 Å². The molecule has 14 nitrogen and oxygen atoms in total. The third-order valence-corrected chi connectivity index (χ3v) is 15.7. The second-order valence-corrected chi connectivity index (χ2v) is 20.8. The first-order valence-electron chi connectivity index (χ1n) is 25.1. The molecule has 6 fully saturated rings. The van der Waals surface area contributed by atoms with Gasteiger partial charge < -0.3 is 50.8 Å². The number of carbonyl (C=O) groups excluding carboxylic acids is 2. The summed E-state index contributed by atoms with van der Waals surface area (Å²) in [4.78, 5) is 39.4. The first-order chi connectivity index (χ1) is 32.8. The van der Waals surface area contributed by atoms with Crippen LogP contribution in [0.25, 0.3) is 22.3 Å². The SMILES string of the molecule is CC[C@@H]1CCN(C(=O)Nc2ccc(C)c(-c3cc(N[C@H](C)CO)nc([C@@]45COC[C@@H]4C5)c3)c2)C1.CC[C@@H]1CCN(C(=O)Nc2ccc(C)c(-c3cc(N[C@H](C)CO)nc([C@]45COC[C@H]4C5)c3)c2)C1. The zero-order chi connectivity index (χ0) is 47.7.